The van der Waals surface area contributed by atoms with Gasteiger partial charge in [0.2, 0.25) is 0 Å². The van der Waals surface area contributed by atoms with Crippen molar-refractivity contribution in [3.8, 4) is 11.4 Å². The topological polar surface area (TPSA) is 83.8 Å². The number of benzene rings is 1. The van der Waals surface area contributed by atoms with Gasteiger partial charge in [0.1, 0.15) is 5.69 Å². The number of rotatable bonds is 4. The molecule has 0 aliphatic carbocycles. The molecule has 3 N–H and O–H groups in total. The molecule has 0 unspecified atom stereocenters. The van der Waals surface area contributed by atoms with Gasteiger partial charge in [0.05, 0.1) is 23.6 Å². The zero-order valence-electron chi connectivity index (χ0n) is 15.7. The standard InChI is InChI=1S/C21H24N6/c1-14-5-6-17(18(22)10-14)19(23)13-26-8-9-27-16(12-26)11-20(25-27)21-15(2)4-3-7-24-21/h3-7,10-11,23H,8-9,12-13,22H2,1-2H3. The molecule has 0 saturated heterocycles. The Hall–Kier alpha value is -2.99. The third kappa shape index (κ3) is 3.48. The van der Waals surface area contributed by atoms with Crippen molar-refractivity contribution < 1.29 is 0 Å². The lowest BCUT2D eigenvalue weighted by molar-refractivity contribution is 0.241. The normalized spacial score (nSPS) is 14.1. The van der Waals surface area contributed by atoms with Crippen molar-refractivity contribution in [1.29, 1.82) is 5.41 Å². The number of aromatic nitrogens is 3. The molecule has 1 aromatic carbocycles. The van der Waals surface area contributed by atoms with Crippen LogP contribution in [0.3, 0.4) is 0 Å². The SMILES string of the molecule is Cc1ccc(C(=N)CN2CCn3nc(-c4ncccc4C)cc3C2)c(N)c1. The summed E-state index contributed by atoms with van der Waals surface area (Å²) in [7, 11) is 0. The summed E-state index contributed by atoms with van der Waals surface area (Å²) in [4.78, 5) is 6.75. The number of nitrogens with zero attached hydrogens (tertiary/aromatic N) is 4. The molecule has 2 aromatic heterocycles. The van der Waals surface area contributed by atoms with Gasteiger partial charge in [-0.25, -0.2) is 0 Å². The molecule has 0 bridgehead atoms. The molecular weight excluding hydrogens is 336 g/mol. The molecule has 6 heteroatoms. The van der Waals surface area contributed by atoms with Crippen LogP contribution in [0.15, 0.2) is 42.6 Å². The average Bonchev–Trinajstić information content (AvgIpc) is 3.05. The highest BCUT2D eigenvalue weighted by Crippen LogP contribution is 2.23. The van der Waals surface area contributed by atoms with Gasteiger partial charge in [-0.05, 0) is 43.2 Å². The van der Waals surface area contributed by atoms with Gasteiger partial charge in [-0.3, -0.25) is 14.6 Å². The van der Waals surface area contributed by atoms with Gasteiger partial charge in [-0.2, -0.15) is 5.10 Å². The molecule has 0 saturated carbocycles. The quantitative estimate of drug-likeness (QED) is 0.553. The minimum atomic E-state index is 0.557. The van der Waals surface area contributed by atoms with Crippen LogP contribution in [0.2, 0.25) is 0 Å². The molecule has 1 aliphatic rings. The summed E-state index contributed by atoms with van der Waals surface area (Å²) >= 11 is 0. The molecule has 4 rings (SSSR count). The summed E-state index contributed by atoms with van der Waals surface area (Å²) in [5.74, 6) is 0. The maximum atomic E-state index is 8.48. The van der Waals surface area contributed by atoms with Crippen molar-refractivity contribution >= 4 is 11.4 Å². The van der Waals surface area contributed by atoms with Crippen molar-refractivity contribution in [3.63, 3.8) is 0 Å². The van der Waals surface area contributed by atoms with E-state index in [1.54, 1.807) is 6.20 Å². The highest BCUT2D eigenvalue weighted by molar-refractivity contribution is 6.04. The zero-order valence-corrected chi connectivity index (χ0v) is 15.7. The van der Waals surface area contributed by atoms with Gasteiger partial charge in [0.25, 0.3) is 0 Å². The number of aryl methyl sites for hydroxylation is 2. The van der Waals surface area contributed by atoms with Crippen molar-refractivity contribution in [2.24, 2.45) is 0 Å². The van der Waals surface area contributed by atoms with Crippen molar-refractivity contribution in [1.82, 2.24) is 19.7 Å². The van der Waals surface area contributed by atoms with Gasteiger partial charge in [0.15, 0.2) is 0 Å². The zero-order chi connectivity index (χ0) is 19.0. The van der Waals surface area contributed by atoms with E-state index >= 15 is 0 Å². The number of hydrogen-bond acceptors (Lipinski definition) is 5. The molecule has 0 amide bonds. The second-order valence-corrected chi connectivity index (χ2v) is 7.19. The first-order valence-electron chi connectivity index (χ1n) is 9.16. The monoisotopic (exact) mass is 360 g/mol. The number of nitrogen functional groups attached to an aromatic ring is 1. The van der Waals surface area contributed by atoms with Crippen LogP contribution in [0, 0.1) is 19.3 Å². The molecule has 0 atom stereocenters. The average molecular weight is 360 g/mol. The predicted molar refractivity (Wildman–Crippen MR) is 108 cm³/mol. The molecule has 3 aromatic rings. The van der Waals surface area contributed by atoms with Crippen LogP contribution in [0.1, 0.15) is 22.4 Å². The number of anilines is 1. The van der Waals surface area contributed by atoms with Gasteiger partial charge >= 0.3 is 0 Å². The Bertz CT molecular complexity index is 1000. The largest absolute Gasteiger partial charge is 0.398 e. The van der Waals surface area contributed by atoms with Crippen LogP contribution >= 0.6 is 0 Å². The lowest BCUT2D eigenvalue weighted by Gasteiger charge is -2.27. The molecule has 3 heterocycles. The summed E-state index contributed by atoms with van der Waals surface area (Å²) in [5, 5.41) is 13.2. The van der Waals surface area contributed by atoms with Gasteiger partial charge in [-0.1, -0.05) is 18.2 Å². The smallest absolute Gasteiger partial charge is 0.111 e. The van der Waals surface area contributed by atoms with E-state index in [-0.39, 0.29) is 0 Å². The van der Waals surface area contributed by atoms with Gasteiger partial charge in [-0.15, -0.1) is 0 Å². The maximum absolute atomic E-state index is 8.48. The summed E-state index contributed by atoms with van der Waals surface area (Å²) < 4.78 is 2.06. The Morgan fingerprint density at radius 1 is 1.19 bits per heavy atom. The minimum Gasteiger partial charge on any atom is -0.398 e. The first-order valence-corrected chi connectivity index (χ1v) is 9.16. The molecule has 138 valence electrons. The van der Waals surface area contributed by atoms with Crippen molar-refractivity contribution in [2.75, 3.05) is 18.8 Å². The Kier molecular flexibility index (Phi) is 4.49. The van der Waals surface area contributed by atoms with Crippen LogP contribution < -0.4 is 5.73 Å². The summed E-state index contributed by atoms with van der Waals surface area (Å²) in [6, 6.07) is 12.0. The third-order valence-electron chi connectivity index (χ3n) is 5.04. The van der Waals surface area contributed by atoms with Crippen molar-refractivity contribution in [2.45, 2.75) is 26.9 Å². The number of pyridine rings is 1. The highest BCUT2D eigenvalue weighted by atomic mass is 15.3. The fourth-order valence-corrected chi connectivity index (χ4v) is 3.59. The van der Waals surface area contributed by atoms with E-state index in [2.05, 4.69) is 33.6 Å². The number of nitrogens with two attached hydrogens (primary N) is 1. The number of nitrogens with one attached hydrogen (secondary N) is 1. The maximum Gasteiger partial charge on any atom is 0.111 e. The Labute approximate surface area is 159 Å². The summed E-state index contributed by atoms with van der Waals surface area (Å²) in [5.41, 5.74) is 13.4. The lowest BCUT2D eigenvalue weighted by Crippen LogP contribution is -2.37. The van der Waals surface area contributed by atoms with Crippen LogP contribution in [0.5, 0.6) is 0 Å². The third-order valence-corrected chi connectivity index (χ3v) is 5.04. The van der Waals surface area contributed by atoms with E-state index in [4.69, 9.17) is 16.2 Å². The van der Waals surface area contributed by atoms with Crippen LogP contribution in [0.25, 0.3) is 11.4 Å². The molecule has 0 spiro atoms. The molecule has 0 fully saturated rings. The fraction of sp³-hybridized carbons (Fsp3) is 0.286. The van der Waals surface area contributed by atoms with E-state index in [0.29, 0.717) is 17.9 Å². The van der Waals surface area contributed by atoms with Crippen LogP contribution in [-0.2, 0) is 13.1 Å². The van der Waals surface area contributed by atoms with Gasteiger partial charge < -0.3 is 11.1 Å². The van der Waals surface area contributed by atoms with E-state index < -0.39 is 0 Å². The molecular formula is C21H24N6. The van der Waals surface area contributed by atoms with Gasteiger partial charge in [0, 0.05) is 37.1 Å². The fourth-order valence-electron chi connectivity index (χ4n) is 3.59. The lowest BCUT2D eigenvalue weighted by atomic mass is 10.0. The first-order chi connectivity index (χ1) is 13.0. The Morgan fingerprint density at radius 3 is 2.81 bits per heavy atom. The number of fused-ring (bicyclic) bond motifs is 1. The highest BCUT2D eigenvalue weighted by Gasteiger charge is 2.21. The van der Waals surface area contributed by atoms with E-state index in [9.17, 15) is 0 Å². The van der Waals surface area contributed by atoms with E-state index in [1.165, 1.54) is 0 Å². The van der Waals surface area contributed by atoms with Crippen molar-refractivity contribution in [3.05, 3.63) is 65.0 Å². The van der Waals surface area contributed by atoms with E-state index in [0.717, 1.165) is 53.4 Å². The second-order valence-electron chi connectivity index (χ2n) is 7.19. The minimum absolute atomic E-state index is 0.557. The molecule has 27 heavy (non-hydrogen) atoms. The Morgan fingerprint density at radius 2 is 2.04 bits per heavy atom. The summed E-state index contributed by atoms with van der Waals surface area (Å²) in [6.07, 6.45) is 1.81. The molecule has 6 nitrogen and oxygen atoms in total. The van der Waals surface area contributed by atoms with E-state index in [1.807, 2.05) is 31.2 Å². The first kappa shape index (κ1) is 17.4. The van der Waals surface area contributed by atoms with Crippen LogP contribution in [0.4, 0.5) is 5.69 Å². The predicted octanol–water partition coefficient (Wildman–Crippen LogP) is 3.03. The molecule has 1 aliphatic heterocycles. The summed E-state index contributed by atoms with van der Waals surface area (Å²) in [6.45, 7) is 7.10. The Balaban J connectivity index is 1.50. The van der Waals surface area contributed by atoms with Crippen LogP contribution in [-0.4, -0.2) is 38.5 Å². The molecule has 0 radical (unpaired) electrons. The number of hydrogen-bond donors (Lipinski definition) is 2. The second kappa shape index (κ2) is 6.96.